The highest BCUT2D eigenvalue weighted by Gasteiger charge is 2.33. The lowest BCUT2D eigenvalue weighted by molar-refractivity contribution is -0.150. The largest absolute Gasteiger partial charge is 0.508 e. The molecule has 0 unspecified atom stereocenters. The minimum absolute atomic E-state index is 0.00898. The molecule has 9 nitrogen and oxygen atoms in total. The highest BCUT2D eigenvalue weighted by atomic mass is 19.1. The summed E-state index contributed by atoms with van der Waals surface area (Å²) in [6.07, 6.45) is 0.288. The van der Waals surface area contributed by atoms with Crippen molar-refractivity contribution in [1.29, 1.82) is 0 Å². The molecule has 7 N–H and O–H groups in total. The van der Waals surface area contributed by atoms with E-state index in [9.17, 15) is 29.0 Å². The van der Waals surface area contributed by atoms with Gasteiger partial charge in [-0.25, -0.2) is 9.18 Å². The molecule has 34 heavy (non-hydrogen) atoms. The van der Waals surface area contributed by atoms with Crippen molar-refractivity contribution in [3.05, 3.63) is 53.3 Å². The minimum atomic E-state index is -1.37. The fourth-order valence-electron chi connectivity index (χ4n) is 4.02. The zero-order chi connectivity index (χ0) is 25.0. The number of carboxylic acids is 1. The average Bonchev–Trinajstić information content (AvgIpc) is 2.80. The third kappa shape index (κ3) is 5.52. The molecule has 0 radical (unpaired) electrons. The van der Waals surface area contributed by atoms with E-state index >= 15 is 0 Å². The Kier molecular flexibility index (Phi) is 7.85. The molecule has 10 heteroatoms. The van der Waals surface area contributed by atoms with Gasteiger partial charge in [0.15, 0.2) is 0 Å². The molecule has 182 valence electrons. The summed E-state index contributed by atoms with van der Waals surface area (Å²) in [7, 11) is 1.31. The molecule has 4 bridgehead atoms. The number of benzene rings is 2. The number of hydrogen-bond donors (Lipinski definition) is 5. The van der Waals surface area contributed by atoms with E-state index in [1.165, 1.54) is 31.3 Å². The van der Waals surface area contributed by atoms with Gasteiger partial charge in [-0.05, 0) is 65.9 Å². The van der Waals surface area contributed by atoms with Gasteiger partial charge >= 0.3 is 5.97 Å². The van der Waals surface area contributed by atoms with Crippen LogP contribution in [0.15, 0.2) is 36.4 Å². The van der Waals surface area contributed by atoms with E-state index in [-0.39, 0.29) is 37.1 Å². The van der Waals surface area contributed by atoms with Crippen molar-refractivity contribution in [1.82, 2.24) is 10.2 Å². The Labute approximate surface area is 196 Å². The summed E-state index contributed by atoms with van der Waals surface area (Å²) < 4.78 is 14.7. The van der Waals surface area contributed by atoms with Crippen molar-refractivity contribution < 1.29 is 29.0 Å². The van der Waals surface area contributed by atoms with Gasteiger partial charge in [0.1, 0.15) is 23.7 Å². The Morgan fingerprint density at radius 2 is 1.79 bits per heavy atom. The lowest BCUT2D eigenvalue weighted by atomic mass is 9.95. The van der Waals surface area contributed by atoms with Gasteiger partial charge in [-0.3, -0.25) is 9.59 Å². The molecule has 0 aromatic heterocycles. The van der Waals surface area contributed by atoms with Crippen LogP contribution in [0.25, 0.3) is 11.1 Å². The van der Waals surface area contributed by atoms with Gasteiger partial charge in [-0.1, -0.05) is 12.1 Å². The van der Waals surface area contributed by atoms with Crippen LogP contribution >= 0.6 is 0 Å². The topological polar surface area (TPSA) is 159 Å². The van der Waals surface area contributed by atoms with Crippen LogP contribution in [0.4, 0.5) is 4.39 Å². The number of amides is 2. The molecule has 0 saturated heterocycles. The number of hydrogen-bond acceptors (Lipinski definition) is 6. The molecule has 2 aromatic carbocycles. The number of aromatic hydroxyl groups is 1. The molecular weight excluding hydrogens is 443 g/mol. The number of phenolic OH excluding ortho intramolecular Hbond substituents is 1. The smallest absolute Gasteiger partial charge is 0.326 e. The zero-order valence-electron chi connectivity index (χ0n) is 18.8. The number of phenols is 1. The number of likely N-dealkylation sites (N-methyl/N-ethyl adjacent to an activating group) is 1. The maximum absolute atomic E-state index is 14.7. The van der Waals surface area contributed by atoms with E-state index in [4.69, 9.17) is 11.5 Å². The van der Waals surface area contributed by atoms with Crippen molar-refractivity contribution in [2.45, 2.75) is 43.8 Å². The summed E-state index contributed by atoms with van der Waals surface area (Å²) in [6, 6.07) is 5.52. The van der Waals surface area contributed by atoms with Gasteiger partial charge in [0.2, 0.25) is 11.8 Å². The highest BCUT2D eigenvalue weighted by Crippen LogP contribution is 2.29. The van der Waals surface area contributed by atoms with Crippen LogP contribution in [0.5, 0.6) is 5.75 Å². The molecule has 1 aliphatic rings. The monoisotopic (exact) mass is 472 g/mol. The SMILES string of the molecule is CN1C(=O)[C@H](CCCN)NC(=O)[C@@H](N)Cc2cc(ccc2O)-c2ccc(F)c(c2)C[C@H]1C(=O)O. The molecule has 2 aromatic rings. The quantitative estimate of drug-likeness (QED) is 0.439. The summed E-state index contributed by atoms with van der Waals surface area (Å²) in [5.74, 6) is -3.23. The number of nitrogens with two attached hydrogens (primary N) is 2. The van der Waals surface area contributed by atoms with Crippen LogP contribution < -0.4 is 16.8 Å². The third-order valence-electron chi connectivity index (χ3n) is 6.06. The van der Waals surface area contributed by atoms with Crippen LogP contribution in [-0.2, 0) is 27.2 Å². The van der Waals surface area contributed by atoms with Gasteiger partial charge in [-0.2, -0.15) is 0 Å². The van der Waals surface area contributed by atoms with E-state index in [0.717, 1.165) is 4.90 Å². The number of nitrogens with one attached hydrogen (secondary N) is 1. The Bertz CT molecular complexity index is 1090. The van der Waals surface area contributed by atoms with Crippen LogP contribution in [-0.4, -0.2) is 64.6 Å². The number of carbonyl (C=O) groups is 3. The predicted octanol–water partition coefficient (Wildman–Crippen LogP) is 0.760. The molecule has 1 aliphatic heterocycles. The second-order valence-electron chi connectivity index (χ2n) is 8.46. The first-order chi connectivity index (χ1) is 16.1. The fourth-order valence-corrected chi connectivity index (χ4v) is 4.02. The number of fused-ring (bicyclic) bond motifs is 5. The first kappa shape index (κ1) is 25.1. The number of halogens is 1. The fraction of sp³-hybridized carbons (Fsp3) is 0.375. The second kappa shape index (κ2) is 10.6. The Morgan fingerprint density at radius 1 is 1.15 bits per heavy atom. The van der Waals surface area contributed by atoms with E-state index in [2.05, 4.69) is 5.32 Å². The molecule has 3 rings (SSSR count). The summed E-state index contributed by atoms with van der Waals surface area (Å²) in [5, 5.41) is 22.7. The molecule has 0 saturated carbocycles. The Balaban J connectivity index is 2.13. The van der Waals surface area contributed by atoms with Gasteiger partial charge < -0.3 is 31.9 Å². The van der Waals surface area contributed by atoms with Crippen molar-refractivity contribution in [2.24, 2.45) is 11.5 Å². The molecule has 0 fully saturated rings. The van der Waals surface area contributed by atoms with E-state index < -0.39 is 41.7 Å². The van der Waals surface area contributed by atoms with Crippen LogP contribution in [0.1, 0.15) is 24.0 Å². The van der Waals surface area contributed by atoms with Gasteiger partial charge in [0.25, 0.3) is 0 Å². The molecule has 2 amide bonds. The normalized spacial score (nSPS) is 21.4. The summed E-state index contributed by atoms with van der Waals surface area (Å²) >= 11 is 0. The number of rotatable bonds is 4. The number of carboxylic acid groups (broad SMARTS) is 1. The average molecular weight is 473 g/mol. The van der Waals surface area contributed by atoms with Crippen molar-refractivity contribution in [3.8, 4) is 16.9 Å². The van der Waals surface area contributed by atoms with Crippen LogP contribution in [0, 0.1) is 5.82 Å². The van der Waals surface area contributed by atoms with Crippen LogP contribution in [0.2, 0.25) is 0 Å². The van der Waals surface area contributed by atoms with Crippen molar-refractivity contribution in [2.75, 3.05) is 13.6 Å². The highest BCUT2D eigenvalue weighted by molar-refractivity contribution is 5.92. The molecule has 3 atom stereocenters. The maximum Gasteiger partial charge on any atom is 0.326 e. The lowest BCUT2D eigenvalue weighted by Crippen LogP contribution is -2.55. The second-order valence-corrected chi connectivity index (χ2v) is 8.46. The summed E-state index contributed by atoms with van der Waals surface area (Å²) in [5.41, 5.74) is 13.4. The van der Waals surface area contributed by atoms with E-state index in [1.807, 2.05) is 0 Å². The zero-order valence-corrected chi connectivity index (χ0v) is 18.8. The van der Waals surface area contributed by atoms with E-state index in [0.29, 0.717) is 23.1 Å². The predicted molar refractivity (Wildman–Crippen MR) is 123 cm³/mol. The number of carbonyl (C=O) groups excluding carboxylic acids is 2. The molecule has 0 aliphatic carbocycles. The first-order valence-corrected chi connectivity index (χ1v) is 11.0. The Morgan fingerprint density at radius 3 is 2.44 bits per heavy atom. The van der Waals surface area contributed by atoms with E-state index in [1.54, 1.807) is 12.1 Å². The summed E-state index contributed by atoms with van der Waals surface area (Å²) in [6.45, 7) is 0.260. The van der Waals surface area contributed by atoms with Gasteiger partial charge in [0.05, 0.1) is 6.04 Å². The maximum atomic E-state index is 14.7. The molecular formula is C24H29FN4O5. The summed E-state index contributed by atoms with van der Waals surface area (Å²) in [4.78, 5) is 39.1. The standard InChI is InChI=1S/C24H29FN4O5/c1-29-20(24(33)34)12-15-9-13(4-6-17(15)25)14-5-7-21(30)16(10-14)11-18(27)22(31)28-19(23(29)32)3-2-8-26/h4-7,9-10,18-20,30H,2-3,8,11-12,26-27H2,1H3,(H,28,31)(H,33,34)/t18-,19-,20-/m0/s1. The molecule has 0 spiro atoms. The van der Waals surface area contributed by atoms with Crippen molar-refractivity contribution >= 4 is 17.8 Å². The van der Waals surface area contributed by atoms with Crippen LogP contribution in [0.3, 0.4) is 0 Å². The minimum Gasteiger partial charge on any atom is -0.508 e. The number of nitrogens with zero attached hydrogens (tertiary/aromatic N) is 1. The lowest BCUT2D eigenvalue weighted by Gasteiger charge is -2.30. The Hall–Kier alpha value is -3.50. The molecule has 1 heterocycles. The third-order valence-corrected chi connectivity index (χ3v) is 6.06. The van der Waals surface area contributed by atoms with Gasteiger partial charge in [-0.15, -0.1) is 0 Å². The first-order valence-electron chi connectivity index (χ1n) is 11.0. The van der Waals surface area contributed by atoms with Crippen molar-refractivity contribution in [3.63, 3.8) is 0 Å². The number of aliphatic carboxylic acids is 1. The van der Waals surface area contributed by atoms with Gasteiger partial charge in [0, 0.05) is 19.9 Å².